The molecule has 0 unspecified atom stereocenters. The first-order valence-corrected chi connectivity index (χ1v) is 28.6. The van der Waals surface area contributed by atoms with Crippen LogP contribution in [0.15, 0.2) is 186 Å². The Bertz CT molecular complexity index is 3770. The summed E-state index contributed by atoms with van der Waals surface area (Å²) in [6.45, 7) is 0. The summed E-state index contributed by atoms with van der Waals surface area (Å²) in [5, 5.41) is 46.9. The summed E-state index contributed by atoms with van der Waals surface area (Å²) in [6, 6.07) is 37.8. The predicted octanol–water partition coefficient (Wildman–Crippen LogP) is 10.1. The number of nitrogen functional groups attached to an aromatic ring is 6. The maximum absolute atomic E-state index is 7.06. The average molecular weight is 1190 g/mol. The van der Waals surface area contributed by atoms with Crippen molar-refractivity contribution in [3.8, 4) is 103 Å². The Hall–Kier alpha value is -11.6. The predicted molar refractivity (Wildman–Crippen MR) is 297 cm³/mol. The average Bonchev–Trinajstić information content (AvgIpc) is 4.04. The van der Waals surface area contributed by atoms with Gasteiger partial charge in [0.15, 0.2) is 0 Å². The van der Waals surface area contributed by atoms with E-state index in [0.717, 1.165) is 0 Å². The first kappa shape index (κ1) is 51.9. The molecule has 0 amide bonds. The van der Waals surface area contributed by atoms with Gasteiger partial charge in [0.1, 0.15) is 34.5 Å². The van der Waals surface area contributed by atoms with Crippen molar-refractivity contribution in [1.82, 2.24) is 61.2 Å². The van der Waals surface area contributed by atoms with Gasteiger partial charge in [-0.05, 0) is 146 Å². The highest BCUT2D eigenvalue weighted by atomic mass is 31.3. The van der Waals surface area contributed by atoms with Crippen LogP contribution in [0.2, 0.25) is 0 Å². The second-order valence-electron chi connectivity index (χ2n) is 17.1. The van der Waals surface area contributed by atoms with E-state index in [2.05, 4.69) is 61.2 Å². The molecule has 0 spiro atoms. The number of aromatic nitrogens is 12. The zero-order valence-electron chi connectivity index (χ0n) is 42.3. The molecule has 7 heterocycles. The van der Waals surface area contributed by atoms with E-state index in [0.29, 0.717) is 33.4 Å². The fraction of sp³-hybridized carbons (Fsp3) is 0. The van der Waals surface area contributed by atoms with Crippen LogP contribution in [-0.2, 0) is 0 Å². The fourth-order valence-electron chi connectivity index (χ4n) is 7.64. The molecular weight excluding hydrogens is 1160 g/mol. The summed E-state index contributed by atoms with van der Waals surface area (Å²) in [5.41, 5.74) is 37.6. The number of nitrogens with two attached hydrogens (primary N) is 6. The van der Waals surface area contributed by atoms with Crippen molar-refractivity contribution in [2.45, 2.75) is 0 Å². The summed E-state index contributed by atoms with van der Waals surface area (Å²) >= 11 is 0. The van der Waals surface area contributed by atoms with Crippen LogP contribution in [0, 0.1) is 0 Å². The second-order valence-corrected chi connectivity index (χ2v) is 23.3. The van der Waals surface area contributed by atoms with Gasteiger partial charge in [-0.2, -0.15) is 0 Å². The fourth-order valence-corrected chi connectivity index (χ4v) is 16.7. The summed E-state index contributed by atoms with van der Waals surface area (Å²) in [6.07, 6.45) is 0. The second kappa shape index (κ2) is 21.2. The zero-order chi connectivity index (χ0) is 57.4. The van der Waals surface area contributed by atoms with Crippen LogP contribution in [0.3, 0.4) is 0 Å². The highest BCUT2D eigenvalue weighted by Gasteiger charge is 2.49. The molecule has 0 saturated carbocycles. The zero-order valence-corrected chi connectivity index (χ0v) is 45.0. The van der Waals surface area contributed by atoms with Crippen LogP contribution < -0.4 is 61.5 Å². The lowest BCUT2D eigenvalue weighted by Gasteiger charge is -2.33. The van der Waals surface area contributed by atoms with Crippen molar-refractivity contribution in [1.29, 1.82) is 0 Å². The molecule has 1 aliphatic rings. The number of benzene rings is 6. The Labute approximate surface area is 469 Å². The number of rotatable bonds is 18. The van der Waals surface area contributed by atoms with E-state index in [4.69, 9.17) is 102 Å². The van der Waals surface area contributed by atoms with Gasteiger partial charge in [-0.25, -0.2) is 0 Å². The van der Waals surface area contributed by atoms with Gasteiger partial charge >= 0.3 is 59.1 Å². The quantitative estimate of drug-likeness (QED) is 0.0435. The minimum absolute atomic E-state index is 0.122. The van der Waals surface area contributed by atoms with E-state index in [-0.39, 0.29) is 106 Å². The molecule has 420 valence electrons. The number of hydrogen-bond acceptors (Lipinski definition) is 33. The van der Waals surface area contributed by atoms with Gasteiger partial charge in [0.2, 0.25) is 35.3 Å². The molecular formula is C48H36N21O12P3. The Kier molecular flexibility index (Phi) is 13.1. The van der Waals surface area contributed by atoms with Crippen molar-refractivity contribution in [3.05, 3.63) is 146 Å². The van der Waals surface area contributed by atoms with Crippen LogP contribution in [0.1, 0.15) is 0 Å². The van der Waals surface area contributed by atoms with Crippen molar-refractivity contribution in [3.63, 3.8) is 0 Å². The number of anilines is 6. The molecule has 33 nitrogen and oxygen atoms in total. The van der Waals surface area contributed by atoms with E-state index >= 15 is 0 Å². The Morgan fingerprint density at radius 1 is 0.214 bits per heavy atom. The third kappa shape index (κ3) is 11.2. The van der Waals surface area contributed by atoms with Gasteiger partial charge in [-0.1, -0.05) is 44.1 Å². The molecule has 0 atom stereocenters. The molecule has 0 aliphatic carbocycles. The lowest BCUT2D eigenvalue weighted by molar-refractivity contribution is 0.443. The Morgan fingerprint density at radius 2 is 0.357 bits per heavy atom. The van der Waals surface area contributed by atoms with Gasteiger partial charge in [0, 0.05) is 33.4 Å². The SMILES string of the molecule is Nc1nnc(-c2ccc(OP3(Oc4ccc(-c5nnc(N)o5)cc4)=NP(Oc4ccc(-c5nnc(N)o5)cc4)(Oc4ccc(-c5nnc(N)o5)cc4)=NP(Oc4ccc(-c5nnc(N)o5)cc4)(Oc4ccc(-c5nnc(N)o5)cc4)=N3)cc2)o1. The Balaban J connectivity index is 1.05. The van der Waals surface area contributed by atoms with Gasteiger partial charge < -0.3 is 88.0 Å². The monoisotopic (exact) mass is 1190 g/mol. The van der Waals surface area contributed by atoms with Gasteiger partial charge in [0.25, 0.3) is 0 Å². The normalized spacial score (nSPS) is 13.9. The Morgan fingerprint density at radius 3 is 0.476 bits per heavy atom. The maximum atomic E-state index is 7.06. The largest absolute Gasteiger partial charge is 0.460 e. The molecule has 0 bridgehead atoms. The maximum Gasteiger partial charge on any atom is 0.460 e. The van der Waals surface area contributed by atoms with Gasteiger partial charge in [0.05, 0.1) is 0 Å². The third-order valence-electron chi connectivity index (χ3n) is 11.3. The summed E-state index contributed by atoms with van der Waals surface area (Å²) < 4.78 is 91.4. The number of hydrogen-bond donors (Lipinski definition) is 6. The summed E-state index contributed by atoms with van der Waals surface area (Å²) in [5.74, 6) is 1.49. The van der Waals surface area contributed by atoms with E-state index in [9.17, 15) is 0 Å². The lowest BCUT2D eigenvalue weighted by atomic mass is 10.2. The molecule has 6 aromatic carbocycles. The standard InChI is InChI=1S/C48H36N21O12P3/c49-43-61-55-37(70-43)25-1-13-31(14-2-25)76-82(77-32-15-3-26(4-16-32)38-56-62-44(50)71-38)67-83(78-33-17-5-27(6-18-33)39-57-63-45(51)72-39,79-34-19-7-28(8-20-34)40-58-64-46(52)73-40)69-84(68-82,80-35-21-9-29(10-22-35)41-59-65-47(53)74-41)81-36-23-11-30(12-24-36)42-60-66-48(54)75-42/h1-24H,(H2,49,61)(H2,50,62)(H2,51,63)(H2,52,64)(H2,53,65)(H2,54,66). The summed E-state index contributed by atoms with van der Waals surface area (Å²) in [4.78, 5) is 0. The molecule has 0 radical (unpaired) electrons. The van der Waals surface area contributed by atoms with E-state index in [1.54, 1.807) is 146 Å². The minimum atomic E-state index is -4.59. The molecule has 6 aromatic heterocycles. The first-order valence-electron chi connectivity index (χ1n) is 24.0. The van der Waals surface area contributed by atoms with Gasteiger partial charge in [-0.3, -0.25) is 0 Å². The molecule has 0 fully saturated rings. The van der Waals surface area contributed by atoms with Crippen molar-refractivity contribution in [2.24, 2.45) is 13.5 Å². The summed E-state index contributed by atoms with van der Waals surface area (Å²) in [7, 11) is -13.8. The number of nitrogens with zero attached hydrogens (tertiary/aromatic N) is 15. The molecule has 36 heteroatoms. The third-order valence-corrected chi connectivity index (χ3v) is 19.4. The molecule has 0 saturated heterocycles. The van der Waals surface area contributed by atoms with Gasteiger partial charge in [-0.15, -0.1) is 30.6 Å². The molecule has 12 aromatic rings. The smallest absolute Gasteiger partial charge is 0.413 e. The minimum Gasteiger partial charge on any atom is -0.413 e. The van der Waals surface area contributed by atoms with E-state index in [1.165, 1.54) is 0 Å². The molecule has 1 aliphatic heterocycles. The molecule has 13 rings (SSSR count). The van der Waals surface area contributed by atoms with Crippen LogP contribution in [0.4, 0.5) is 36.1 Å². The van der Waals surface area contributed by atoms with Crippen LogP contribution >= 0.6 is 23.0 Å². The van der Waals surface area contributed by atoms with Crippen molar-refractivity contribution in [2.75, 3.05) is 34.4 Å². The van der Waals surface area contributed by atoms with Crippen molar-refractivity contribution < 1.29 is 53.6 Å². The van der Waals surface area contributed by atoms with E-state index < -0.39 is 23.0 Å². The van der Waals surface area contributed by atoms with Crippen LogP contribution in [0.25, 0.3) is 68.7 Å². The van der Waals surface area contributed by atoms with Crippen LogP contribution in [-0.4, -0.2) is 61.2 Å². The lowest BCUT2D eigenvalue weighted by Crippen LogP contribution is -2.11. The molecule has 84 heavy (non-hydrogen) atoms. The van der Waals surface area contributed by atoms with E-state index in [1.807, 2.05) is 0 Å². The highest BCUT2D eigenvalue weighted by molar-refractivity contribution is 7.79. The van der Waals surface area contributed by atoms with Crippen LogP contribution in [0.5, 0.6) is 34.5 Å². The van der Waals surface area contributed by atoms with Crippen molar-refractivity contribution >= 4 is 59.1 Å². The first-order chi connectivity index (χ1) is 40.8. The highest BCUT2D eigenvalue weighted by Crippen LogP contribution is 2.78. The topological polar surface area (TPSA) is 482 Å². The molecule has 12 N–H and O–H groups in total.